The van der Waals surface area contributed by atoms with Gasteiger partial charge < -0.3 is 54.0 Å². The minimum absolute atomic E-state index is 0. The third kappa shape index (κ3) is 51.6. The van der Waals surface area contributed by atoms with E-state index in [1.807, 2.05) is 150 Å². The molecular formula is C96H131F6N16Na3O5P2S4V. The van der Waals surface area contributed by atoms with Gasteiger partial charge in [-0.25, -0.2) is 26.3 Å². The number of halogens is 6. The first-order valence-corrected chi connectivity index (χ1v) is 51.3. The van der Waals surface area contributed by atoms with Crippen LogP contribution in [0.15, 0.2) is 267 Å². The van der Waals surface area contributed by atoms with Gasteiger partial charge in [-0.3, -0.25) is 24.7 Å². The number of hydrogen-bond donors (Lipinski definition) is 1. The van der Waals surface area contributed by atoms with E-state index in [-0.39, 0.29) is 139 Å². The molecule has 2 unspecified atom stereocenters. The summed E-state index contributed by atoms with van der Waals surface area (Å²) in [4.78, 5) is 22.5. The average molecular weight is 2010 g/mol. The molecule has 0 aliphatic carbocycles. The molecule has 0 spiro atoms. The maximum atomic E-state index is 14.3. The molecule has 0 aliphatic rings. The van der Waals surface area contributed by atoms with Crippen molar-refractivity contribution in [3.63, 3.8) is 0 Å². The molecule has 21 nitrogen and oxygen atoms in total. The summed E-state index contributed by atoms with van der Waals surface area (Å²) in [6, 6.07) is 70.3. The minimum atomic E-state index is -3.42. The maximum absolute atomic E-state index is 14.3. The fourth-order valence-corrected chi connectivity index (χ4v) is 18.0. The molecule has 1 radical (unpaired) electrons. The number of azo groups is 2. The zero-order valence-electron chi connectivity index (χ0n) is 81.7. The molecule has 37 heteroatoms. The van der Waals surface area contributed by atoms with E-state index in [2.05, 4.69) is 187 Å². The summed E-state index contributed by atoms with van der Waals surface area (Å²) in [7, 11) is 0.645. The van der Waals surface area contributed by atoms with E-state index < -0.39 is 60.4 Å². The molecule has 10 rings (SSSR count). The largest absolute Gasteiger partial charge is 1.00 e. The van der Waals surface area contributed by atoms with Crippen LogP contribution in [-0.4, -0.2) is 170 Å². The van der Waals surface area contributed by atoms with Gasteiger partial charge in [0.1, 0.15) is 24.9 Å². The molecule has 2 atom stereocenters. The number of benzene rings is 9. The van der Waals surface area contributed by atoms with Crippen LogP contribution in [0.2, 0.25) is 0 Å². The van der Waals surface area contributed by atoms with Crippen LogP contribution in [0.4, 0.5) is 49.1 Å². The van der Waals surface area contributed by atoms with Crippen molar-refractivity contribution < 1.29 is 161 Å². The average Bonchev–Trinajstić information content (AvgIpc) is 1.64. The van der Waals surface area contributed by atoms with Gasteiger partial charge >= 0.3 is 94.5 Å². The van der Waals surface area contributed by atoms with E-state index in [9.17, 15) is 40.4 Å². The van der Waals surface area contributed by atoms with Crippen molar-refractivity contribution in [2.75, 3.05) is 81.2 Å². The number of para-hydroxylation sites is 3. The second kappa shape index (κ2) is 72.2. The number of rotatable bonds is 36. The molecule has 10 aromatic rings. The topological polar surface area (TPSA) is 224 Å². The Hall–Kier alpha value is -5.07. The molecule has 0 saturated heterocycles. The number of nitrogens with one attached hydrogen (secondary N) is 1. The Labute approximate surface area is 884 Å². The fourth-order valence-electron chi connectivity index (χ4n) is 12.4. The Morgan fingerprint density at radius 2 is 0.842 bits per heavy atom. The number of amidine groups is 2. The van der Waals surface area contributed by atoms with Crippen molar-refractivity contribution >= 4 is 94.2 Å². The Morgan fingerprint density at radius 1 is 0.481 bits per heavy atom. The quantitative estimate of drug-likeness (QED) is 0.00313. The molecule has 709 valence electrons. The third-order valence-corrected chi connectivity index (χ3v) is 25.3. The first kappa shape index (κ1) is 130. The van der Waals surface area contributed by atoms with E-state index in [0.29, 0.717) is 83.3 Å². The number of nitrogens with zero attached hydrogens (tertiary/aromatic N) is 15. The molecular weight excluding hydrogens is 1880 g/mol. The number of hydrogen-bond acceptors (Lipinski definition) is 20. The van der Waals surface area contributed by atoms with Crippen molar-refractivity contribution in [3.05, 3.63) is 295 Å². The van der Waals surface area contributed by atoms with Crippen molar-refractivity contribution in [2.45, 2.75) is 173 Å². The Balaban J connectivity index is 0. The van der Waals surface area contributed by atoms with Crippen LogP contribution in [0.5, 0.6) is 0 Å². The molecule has 0 fully saturated rings. The van der Waals surface area contributed by atoms with Gasteiger partial charge in [0.05, 0.1) is 35.3 Å². The van der Waals surface area contributed by atoms with Crippen LogP contribution in [0, 0.1) is 42.3 Å². The molecule has 0 saturated carbocycles. The predicted molar refractivity (Wildman–Crippen MR) is 530 cm³/mol. The molecule has 0 bridgehead atoms. The van der Waals surface area contributed by atoms with Crippen molar-refractivity contribution in [1.82, 2.24) is 34.6 Å². The monoisotopic (exact) mass is 2010 g/mol. The Bertz CT molecular complexity index is 4840. The smallest absolute Gasteiger partial charge is 0.791 e. The number of aromatic nitrogens is 4. The summed E-state index contributed by atoms with van der Waals surface area (Å²) in [5, 5.41) is 32.7. The summed E-state index contributed by atoms with van der Waals surface area (Å²) in [6.45, 7) is 45.0. The van der Waals surface area contributed by atoms with E-state index in [4.69, 9.17) is 17.2 Å². The van der Waals surface area contributed by atoms with Gasteiger partial charge in [0, 0.05) is 133 Å². The molecule has 1 N–H and O–H groups in total. The summed E-state index contributed by atoms with van der Waals surface area (Å²) in [6.07, 6.45) is 0. The van der Waals surface area contributed by atoms with Crippen molar-refractivity contribution in [1.29, 1.82) is 0 Å². The summed E-state index contributed by atoms with van der Waals surface area (Å²) >= 11 is 6.38. The van der Waals surface area contributed by atoms with Crippen LogP contribution >= 0.6 is 47.1 Å². The van der Waals surface area contributed by atoms with Gasteiger partial charge in [-0.1, -0.05) is 185 Å². The van der Waals surface area contributed by atoms with E-state index in [0.717, 1.165) is 71.6 Å². The first-order valence-electron chi connectivity index (χ1n) is 42.6. The Kier molecular flexibility index (Phi) is 70.6. The van der Waals surface area contributed by atoms with Crippen molar-refractivity contribution in [3.8, 4) is 22.8 Å². The Morgan fingerprint density at radius 3 is 1.23 bits per heavy atom. The van der Waals surface area contributed by atoms with Gasteiger partial charge in [0.2, 0.25) is 5.84 Å². The molecule has 9 aromatic carbocycles. The van der Waals surface area contributed by atoms with Crippen LogP contribution in [-0.2, 0) is 49.4 Å². The zero-order chi connectivity index (χ0) is 94.7. The number of anilines is 1. The van der Waals surface area contributed by atoms with Gasteiger partial charge in [0.15, 0.2) is 34.8 Å². The maximum Gasteiger partial charge on any atom is 1.00 e. The standard InChI is InChI=1S/C19H13F2N4.C19H14F2N4.C19H13F2N4.C16H36N2S2.C11H26NO2PS.C8H19NS.C3H9O3P.CH3.3Na.V/c20-16-12-7-13-17(21)18(16)25-23-19(14-8-3-1-4-9-14)22-24(25)15-10-5-2-6-11-15;2*20-16-12-7-13-17(21)18(16)23-25-19(14-8-3-1-4-9-14)24-22-15-10-5-2-6-11-15;1-13(2)17(14(3)4)9-11-19-20-12-10-18(15(5)6)16(7)8;1-7-14-15(6,13)16-9-8-12(10(2)3)11(4)5;1-7(2)9(5-6-10)8(3)4;1-3-6-7(2,4)5;;;;;/h1-13H;1-13,22H;1-13H;13-16H,9-12H2,1-8H3;10-11H,7-9H2,1-6H3;7-8,10H,5-6H2,1-4H3;3H2,1-2H3,(H,4,5);1H3;;;;/q+1;;-1;;;;;-1;3*+1;/p-2/b;;24-22?,25-19-;;;;;;;;;. The molecule has 0 amide bonds. The van der Waals surface area contributed by atoms with Gasteiger partial charge in [-0.2, -0.15) is 10.9 Å². The summed E-state index contributed by atoms with van der Waals surface area (Å²) < 4.78 is 115. The minimum Gasteiger partial charge on any atom is -0.791 e. The predicted octanol–water partition coefficient (Wildman–Crippen LogP) is 16.7. The summed E-state index contributed by atoms with van der Waals surface area (Å²) in [5.74, 6) is 0.288. The van der Waals surface area contributed by atoms with E-state index >= 15 is 0 Å². The molecule has 133 heavy (non-hydrogen) atoms. The van der Waals surface area contributed by atoms with Gasteiger partial charge in [-0.05, 0) is 232 Å². The second-order valence-corrected chi connectivity index (χ2v) is 40.8. The molecule has 1 aromatic heterocycles. The normalized spacial score (nSPS) is 12.2. The fraction of sp³-hybridized carbons (Fsp3) is 0.396. The molecule has 1 heterocycles. The summed E-state index contributed by atoms with van der Waals surface area (Å²) in [5.41, 5.74) is 9.40. The van der Waals surface area contributed by atoms with E-state index in [1.54, 1.807) is 74.3 Å². The number of tetrazole rings is 1. The second-order valence-electron chi connectivity index (χ2n) is 30.7. The van der Waals surface area contributed by atoms with Crippen LogP contribution in [0.3, 0.4) is 0 Å². The van der Waals surface area contributed by atoms with Crippen LogP contribution < -0.4 is 104 Å². The van der Waals surface area contributed by atoms with E-state index in [1.165, 1.54) is 71.1 Å². The number of hydrazone groups is 1. The van der Waals surface area contributed by atoms with Crippen LogP contribution in [0.25, 0.3) is 28.2 Å². The SMILES string of the molecule is CC(C)N(CCSSCCN(C(C)C)C(C)C)C(C)C.CC(C)N(CC[S-])C(C)C.CCOP(C)(=O)SCCN(C(C)C)C(C)C.CCOP(C)(=O)[O-].Fc1cccc(F)c1-[n+]1nc(-c2ccccc2)nn1-c1ccccc1.Fc1cccc(F)c1N=NC(=NNc1ccccc1)c1ccccc1.Fc1cccc(F)c1[N-]/N=C(\N=Nc1ccccc1)c1ccccc1.[CH3-].[Na+].[Na+].[Na+].[V]. The molecule has 0 aliphatic heterocycles. The van der Waals surface area contributed by atoms with Crippen molar-refractivity contribution in [2.24, 2.45) is 30.7 Å². The first-order chi connectivity index (χ1) is 60.9. The van der Waals surface area contributed by atoms with Gasteiger partial charge in [0.25, 0.3) is 12.3 Å². The third-order valence-electron chi connectivity index (χ3n) is 18.2. The van der Waals surface area contributed by atoms with Gasteiger partial charge in [-0.15, -0.1) is 20.5 Å². The zero-order valence-corrected chi connectivity index (χ0v) is 94.1. The van der Waals surface area contributed by atoms with Crippen LogP contribution in [0.1, 0.15) is 136 Å².